The fourth-order valence-electron chi connectivity index (χ4n) is 5.01. The van der Waals surface area contributed by atoms with Gasteiger partial charge >= 0.3 is 5.97 Å². The van der Waals surface area contributed by atoms with E-state index in [2.05, 4.69) is 31.3 Å². The molecule has 2 saturated carbocycles. The quantitative estimate of drug-likeness (QED) is 0.571. The van der Waals surface area contributed by atoms with Gasteiger partial charge in [-0.2, -0.15) is 5.10 Å². The first kappa shape index (κ1) is 20.6. The summed E-state index contributed by atoms with van der Waals surface area (Å²) in [5.41, 5.74) is 4.96. The van der Waals surface area contributed by atoms with E-state index in [9.17, 15) is 9.59 Å². The van der Waals surface area contributed by atoms with Gasteiger partial charge in [0.2, 0.25) is 5.76 Å². The lowest BCUT2D eigenvalue weighted by Gasteiger charge is -2.34. The van der Waals surface area contributed by atoms with Crippen molar-refractivity contribution in [1.29, 1.82) is 0 Å². The van der Waals surface area contributed by atoms with Gasteiger partial charge in [0.25, 0.3) is 5.91 Å². The zero-order valence-electron chi connectivity index (χ0n) is 17.9. The number of nitrogens with zero attached hydrogens (tertiary/aromatic N) is 1. The fourth-order valence-corrected chi connectivity index (χ4v) is 5.01. The van der Waals surface area contributed by atoms with Gasteiger partial charge in [0.15, 0.2) is 6.61 Å². The molecule has 2 aromatic rings. The predicted octanol–water partition coefficient (Wildman–Crippen LogP) is 4.05. The van der Waals surface area contributed by atoms with Crippen molar-refractivity contribution in [3.8, 4) is 0 Å². The topological polar surface area (TPSA) is 90.1 Å². The number of nitrogens with one attached hydrogen (secondary N) is 1. The van der Waals surface area contributed by atoms with Gasteiger partial charge in [0.05, 0.1) is 6.61 Å². The highest BCUT2D eigenvalue weighted by Crippen LogP contribution is 2.63. The SMILES string of the molecule is COCc1c(C(=O)OCC(=O)N/N=C2\CC3CCC2(C)C3(C)C)oc2ccccc12. The molecule has 1 heterocycles. The number of hydrazone groups is 1. The van der Waals surface area contributed by atoms with Crippen LogP contribution in [0.5, 0.6) is 0 Å². The highest BCUT2D eigenvalue weighted by molar-refractivity contribution is 5.97. The number of carbonyl (C=O) groups excluding carboxylic acids is 2. The van der Waals surface area contributed by atoms with Gasteiger partial charge in [-0.25, -0.2) is 10.2 Å². The molecule has 4 rings (SSSR count). The van der Waals surface area contributed by atoms with Crippen LogP contribution in [0.4, 0.5) is 0 Å². The maximum atomic E-state index is 12.5. The largest absolute Gasteiger partial charge is 0.450 e. The van der Waals surface area contributed by atoms with Crippen molar-refractivity contribution in [2.75, 3.05) is 13.7 Å². The van der Waals surface area contributed by atoms with Crippen molar-refractivity contribution >= 4 is 28.6 Å². The van der Waals surface area contributed by atoms with Gasteiger partial charge in [0, 0.05) is 29.2 Å². The van der Waals surface area contributed by atoms with E-state index >= 15 is 0 Å². The third-order valence-electron chi connectivity index (χ3n) is 7.33. The highest BCUT2D eigenvalue weighted by atomic mass is 16.5. The number of benzene rings is 1. The lowest BCUT2D eigenvalue weighted by atomic mass is 9.70. The molecule has 0 saturated heterocycles. The maximum Gasteiger partial charge on any atom is 0.375 e. The summed E-state index contributed by atoms with van der Waals surface area (Å²) < 4.78 is 16.0. The smallest absolute Gasteiger partial charge is 0.375 e. The van der Waals surface area contributed by atoms with E-state index in [4.69, 9.17) is 13.9 Å². The summed E-state index contributed by atoms with van der Waals surface area (Å²) in [5.74, 6) is -0.513. The molecule has 1 aromatic carbocycles. The Morgan fingerprint density at radius 1 is 1.27 bits per heavy atom. The van der Waals surface area contributed by atoms with E-state index in [-0.39, 0.29) is 23.2 Å². The summed E-state index contributed by atoms with van der Waals surface area (Å²) in [6, 6.07) is 7.30. The first-order valence-electron chi connectivity index (χ1n) is 10.3. The Hall–Kier alpha value is -2.67. The molecular formula is C23H28N2O5. The van der Waals surface area contributed by atoms with Crippen LogP contribution in [0.25, 0.3) is 11.0 Å². The number of fused-ring (bicyclic) bond motifs is 3. The summed E-state index contributed by atoms with van der Waals surface area (Å²) in [6.45, 7) is 6.56. The average molecular weight is 412 g/mol. The molecule has 160 valence electrons. The highest BCUT2D eigenvalue weighted by Gasteiger charge is 2.60. The Kier molecular flexibility index (Phi) is 5.18. The van der Waals surface area contributed by atoms with Crippen LogP contribution in [0.15, 0.2) is 33.8 Å². The normalized spacial score (nSPS) is 25.7. The summed E-state index contributed by atoms with van der Waals surface area (Å²) in [5, 5.41) is 5.17. The molecule has 0 radical (unpaired) electrons. The first-order valence-corrected chi connectivity index (χ1v) is 10.3. The predicted molar refractivity (Wildman–Crippen MR) is 112 cm³/mol. The van der Waals surface area contributed by atoms with Crippen LogP contribution < -0.4 is 5.43 Å². The monoisotopic (exact) mass is 412 g/mol. The number of furan rings is 1. The van der Waals surface area contributed by atoms with E-state index in [0.29, 0.717) is 17.1 Å². The van der Waals surface area contributed by atoms with Crippen molar-refractivity contribution in [1.82, 2.24) is 5.43 Å². The van der Waals surface area contributed by atoms with Crippen LogP contribution in [-0.4, -0.2) is 31.3 Å². The van der Waals surface area contributed by atoms with Crippen LogP contribution >= 0.6 is 0 Å². The second-order valence-corrected chi connectivity index (χ2v) is 9.00. The van der Waals surface area contributed by atoms with E-state index in [1.54, 1.807) is 13.2 Å². The summed E-state index contributed by atoms with van der Waals surface area (Å²) in [4.78, 5) is 24.8. The van der Waals surface area contributed by atoms with Gasteiger partial charge < -0.3 is 13.9 Å². The Morgan fingerprint density at radius 2 is 2.03 bits per heavy atom. The van der Waals surface area contributed by atoms with E-state index in [1.807, 2.05) is 18.2 Å². The van der Waals surface area contributed by atoms with Crippen molar-refractivity contribution in [3.05, 3.63) is 35.6 Å². The van der Waals surface area contributed by atoms with Crippen LogP contribution in [0, 0.1) is 16.7 Å². The molecule has 2 atom stereocenters. The second kappa shape index (κ2) is 7.54. The van der Waals surface area contributed by atoms with Crippen LogP contribution in [-0.2, 0) is 20.9 Å². The van der Waals surface area contributed by atoms with E-state index < -0.39 is 18.5 Å². The van der Waals surface area contributed by atoms with Gasteiger partial charge in [0.1, 0.15) is 5.58 Å². The molecule has 1 aromatic heterocycles. The molecule has 2 aliphatic carbocycles. The number of methoxy groups -OCH3 is 1. The molecule has 0 aliphatic heterocycles. The molecular weight excluding hydrogens is 384 g/mol. The molecule has 2 aliphatic rings. The first-order chi connectivity index (χ1) is 14.3. The Labute approximate surface area is 175 Å². The number of rotatable bonds is 6. The lowest BCUT2D eigenvalue weighted by Crippen LogP contribution is -2.35. The van der Waals surface area contributed by atoms with Gasteiger partial charge in [-0.05, 0) is 36.7 Å². The average Bonchev–Trinajstić information content (AvgIpc) is 3.26. The van der Waals surface area contributed by atoms with Gasteiger partial charge in [-0.3, -0.25) is 4.79 Å². The standard InChI is InChI=1S/C23H28N2O5/c1-22(2)14-9-10-23(22,3)18(11-14)24-25-19(26)13-29-21(27)20-16(12-28-4)15-7-5-6-8-17(15)30-20/h5-8,14H,9-13H2,1-4H3,(H,25,26)/b24-18+. The third kappa shape index (κ3) is 3.21. The van der Waals surface area contributed by atoms with Crippen molar-refractivity contribution in [2.45, 2.75) is 46.6 Å². The molecule has 30 heavy (non-hydrogen) atoms. The number of carbonyl (C=O) groups is 2. The van der Waals surface area contributed by atoms with Gasteiger partial charge in [-0.1, -0.05) is 39.0 Å². The number of ether oxygens (including phenoxy) is 2. The zero-order valence-corrected chi connectivity index (χ0v) is 17.9. The van der Waals surface area contributed by atoms with E-state index in [0.717, 1.165) is 23.9 Å². The minimum atomic E-state index is -0.700. The molecule has 0 spiro atoms. The van der Waals surface area contributed by atoms with Crippen molar-refractivity contribution in [2.24, 2.45) is 21.8 Å². The Bertz CT molecular complexity index is 1020. The molecule has 2 fully saturated rings. The molecule has 7 nitrogen and oxygen atoms in total. The minimum Gasteiger partial charge on any atom is -0.450 e. The molecule has 1 amide bonds. The third-order valence-corrected chi connectivity index (χ3v) is 7.33. The number of amides is 1. The second-order valence-electron chi connectivity index (χ2n) is 9.00. The zero-order chi connectivity index (χ0) is 21.5. The van der Waals surface area contributed by atoms with Crippen LogP contribution in [0.1, 0.15) is 56.2 Å². The van der Waals surface area contributed by atoms with Crippen LogP contribution in [0.2, 0.25) is 0 Å². The molecule has 1 N–H and O–H groups in total. The van der Waals surface area contributed by atoms with E-state index in [1.165, 1.54) is 6.42 Å². The molecule has 2 unspecified atom stereocenters. The fraction of sp³-hybridized carbons (Fsp3) is 0.522. The van der Waals surface area contributed by atoms with Crippen molar-refractivity contribution in [3.63, 3.8) is 0 Å². The Morgan fingerprint density at radius 3 is 2.70 bits per heavy atom. The Balaban J connectivity index is 1.40. The number of hydrogen-bond acceptors (Lipinski definition) is 6. The number of esters is 1. The number of para-hydroxylation sites is 1. The number of hydrogen-bond donors (Lipinski definition) is 1. The maximum absolute atomic E-state index is 12.5. The summed E-state index contributed by atoms with van der Waals surface area (Å²) in [7, 11) is 1.54. The minimum absolute atomic E-state index is 0.00491. The van der Waals surface area contributed by atoms with Gasteiger partial charge in [-0.15, -0.1) is 0 Å². The summed E-state index contributed by atoms with van der Waals surface area (Å²) >= 11 is 0. The van der Waals surface area contributed by atoms with Crippen LogP contribution in [0.3, 0.4) is 0 Å². The lowest BCUT2D eigenvalue weighted by molar-refractivity contribution is -0.124. The van der Waals surface area contributed by atoms with Crippen molar-refractivity contribution < 1.29 is 23.5 Å². The molecule has 2 bridgehead atoms. The molecule has 7 heteroatoms. The summed E-state index contributed by atoms with van der Waals surface area (Å²) in [6.07, 6.45) is 3.20.